The van der Waals surface area contributed by atoms with E-state index in [-0.39, 0.29) is 6.17 Å². The van der Waals surface area contributed by atoms with Crippen LogP contribution in [0.1, 0.15) is 46.5 Å². The molecule has 0 radical (unpaired) electrons. The van der Waals surface area contributed by atoms with Gasteiger partial charge in [-0.2, -0.15) is 0 Å². The molecule has 5 aromatic rings. The van der Waals surface area contributed by atoms with Gasteiger partial charge in [-0.05, 0) is 69.0 Å². The Bertz CT molecular complexity index is 1940. The van der Waals surface area contributed by atoms with E-state index in [0.717, 1.165) is 51.3 Å². The quantitative estimate of drug-likeness (QED) is 0.228. The van der Waals surface area contributed by atoms with Gasteiger partial charge in [0.2, 0.25) is 0 Å². The molecule has 3 aliphatic rings. The Morgan fingerprint density at radius 2 is 1.42 bits per heavy atom. The summed E-state index contributed by atoms with van der Waals surface area (Å²) >= 11 is 1.90. The third-order valence-electron chi connectivity index (χ3n) is 8.35. The number of hydrogen-bond donors (Lipinski definition) is 1. The lowest BCUT2D eigenvalue weighted by molar-refractivity contribution is 0.664. The smallest absolute Gasteiger partial charge is 0.145 e. The van der Waals surface area contributed by atoms with Crippen LogP contribution in [0, 0.1) is 0 Å². The van der Waals surface area contributed by atoms with Crippen molar-refractivity contribution in [1.82, 2.24) is 10.3 Å². The lowest BCUT2D eigenvalue weighted by Crippen LogP contribution is -2.24. The summed E-state index contributed by atoms with van der Waals surface area (Å²) in [7, 11) is 0. The number of nitrogens with zero attached hydrogens (tertiary/aromatic N) is 2. The Morgan fingerprint density at radius 1 is 0.674 bits per heavy atom. The van der Waals surface area contributed by atoms with Gasteiger partial charge in [0.05, 0.1) is 11.4 Å². The van der Waals surface area contributed by atoms with Gasteiger partial charge in [-0.3, -0.25) is 9.98 Å². The SMILES string of the molecule is C1=C(c2ccc(-c3cccnc3C3=CCC4C(=C3)Sc3ccccc34)cc2)NC(c2ccccc2)N=C1c1ccccc1. The first-order chi connectivity index (χ1) is 21.3. The number of fused-ring (bicyclic) bond motifs is 3. The van der Waals surface area contributed by atoms with Crippen LogP contribution in [0.25, 0.3) is 22.4 Å². The third-order valence-corrected chi connectivity index (χ3v) is 9.58. The summed E-state index contributed by atoms with van der Waals surface area (Å²) in [6.07, 6.45) is 9.63. The van der Waals surface area contributed by atoms with Gasteiger partial charge in [0, 0.05) is 28.3 Å². The number of hydrogen-bond acceptors (Lipinski definition) is 4. The van der Waals surface area contributed by atoms with Crippen LogP contribution in [0.2, 0.25) is 0 Å². The van der Waals surface area contributed by atoms with E-state index in [1.54, 1.807) is 0 Å². The predicted molar refractivity (Wildman–Crippen MR) is 179 cm³/mol. The van der Waals surface area contributed by atoms with Crippen molar-refractivity contribution in [2.75, 3.05) is 0 Å². The second-order valence-corrected chi connectivity index (χ2v) is 12.1. The molecular weight excluding hydrogens is 543 g/mol. The molecule has 1 aliphatic carbocycles. The normalized spacial score (nSPS) is 18.8. The van der Waals surface area contributed by atoms with Crippen LogP contribution in [0.4, 0.5) is 0 Å². The minimum Gasteiger partial charge on any atom is -0.360 e. The first-order valence-electron chi connectivity index (χ1n) is 14.7. The van der Waals surface area contributed by atoms with Gasteiger partial charge in [0.25, 0.3) is 0 Å². The Kier molecular flexibility index (Phi) is 6.62. The van der Waals surface area contributed by atoms with Crippen molar-refractivity contribution in [2.24, 2.45) is 4.99 Å². The summed E-state index contributed by atoms with van der Waals surface area (Å²) in [4.78, 5) is 12.8. The lowest BCUT2D eigenvalue weighted by atomic mass is 9.88. The maximum atomic E-state index is 5.07. The zero-order valence-corrected chi connectivity index (χ0v) is 24.3. The van der Waals surface area contributed by atoms with Crippen LogP contribution in [0.15, 0.2) is 161 Å². The van der Waals surface area contributed by atoms with Gasteiger partial charge in [0.15, 0.2) is 0 Å². The summed E-state index contributed by atoms with van der Waals surface area (Å²) in [6, 6.07) is 42.7. The van der Waals surface area contributed by atoms with Crippen LogP contribution in [-0.4, -0.2) is 10.7 Å². The van der Waals surface area contributed by atoms with E-state index in [2.05, 4.69) is 127 Å². The van der Waals surface area contributed by atoms with E-state index in [1.807, 2.05) is 36.2 Å². The standard InChI is InChI=1S/C39H29N3S/c1-3-10-27(11-4-1)34-25-35(42-39(41-34)29-12-5-2-6-13-29)28-19-17-26(18-20-28)31-15-9-23-40-38(31)30-21-22-33-32-14-7-8-16-36(32)43-37(33)24-30/h1-21,23-25,33,39,42H,22H2. The fourth-order valence-electron chi connectivity index (χ4n) is 6.17. The van der Waals surface area contributed by atoms with Crippen LogP contribution in [0.3, 0.4) is 0 Å². The summed E-state index contributed by atoms with van der Waals surface area (Å²) in [5.41, 5.74) is 11.4. The van der Waals surface area contributed by atoms with Gasteiger partial charge < -0.3 is 5.32 Å². The highest BCUT2D eigenvalue weighted by molar-refractivity contribution is 8.03. The molecule has 3 nitrogen and oxygen atoms in total. The van der Waals surface area contributed by atoms with E-state index in [4.69, 9.17) is 9.98 Å². The van der Waals surface area contributed by atoms with Gasteiger partial charge in [-0.1, -0.05) is 127 Å². The fourth-order valence-corrected chi connectivity index (χ4v) is 7.45. The molecule has 2 unspecified atom stereocenters. The van der Waals surface area contributed by atoms with Crippen molar-refractivity contribution < 1.29 is 0 Å². The maximum Gasteiger partial charge on any atom is 0.145 e. The second kappa shape index (κ2) is 11.0. The number of thioether (sulfide) groups is 1. The van der Waals surface area contributed by atoms with Gasteiger partial charge in [-0.25, -0.2) is 0 Å². The van der Waals surface area contributed by atoms with Crippen LogP contribution < -0.4 is 5.32 Å². The molecular formula is C39H29N3S. The van der Waals surface area contributed by atoms with Gasteiger partial charge >= 0.3 is 0 Å². The molecule has 0 saturated carbocycles. The number of benzene rings is 4. The number of aliphatic imine (C=N–C) groups is 1. The summed E-state index contributed by atoms with van der Waals surface area (Å²) in [5, 5.41) is 3.68. The molecule has 0 spiro atoms. The molecule has 0 amide bonds. The molecule has 1 N–H and O–H groups in total. The van der Waals surface area contributed by atoms with E-state index in [9.17, 15) is 0 Å². The minimum absolute atomic E-state index is 0.157. The molecule has 3 heterocycles. The van der Waals surface area contributed by atoms with Gasteiger partial charge in [0.1, 0.15) is 6.17 Å². The van der Waals surface area contributed by atoms with Crippen LogP contribution in [-0.2, 0) is 0 Å². The molecule has 1 aromatic heterocycles. The molecule has 0 bridgehead atoms. The van der Waals surface area contributed by atoms with Crippen molar-refractivity contribution in [1.29, 1.82) is 0 Å². The number of pyridine rings is 1. The zero-order valence-electron chi connectivity index (χ0n) is 23.5. The van der Waals surface area contributed by atoms with Crippen molar-refractivity contribution in [2.45, 2.75) is 23.4 Å². The Labute approximate surface area is 256 Å². The Hall–Kier alpha value is -4.93. The molecule has 4 heteroatoms. The highest BCUT2D eigenvalue weighted by Gasteiger charge is 2.30. The predicted octanol–water partition coefficient (Wildman–Crippen LogP) is 9.44. The van der Waals surface area contributed by atoms with Crippen LogP contribution in [0.5, 0.6) is 0 Å². The monoisotopic (exact) mass is 571 g/mol. The molecule has 206 valence electrons. The first-order valence-corrected chi connectivity index (χ1v) is 15.5. The third kappa shape index (κ3) is 4.94. The molecule has 43 heavy (non-hydrogen) atoms. The molecule has 4 aromatic carbocycles. The maximum absolute atomic E-state index is 5.07. The molecule has 0 saturated heterocycles. The zero-order chi connectivity index (χ0) is 28.6. The number of aromatic nitrogens is 1. The van der Waals surface area contributed by atoms with Crippen molar-refractivity contribution in [3.8, 4) is 11.1 Å². The second-order valence-electron chi connectivity index (χ2n) is 11.0. The largest absolute Gasteiger partial charge is 0.360 e. The summed E-state index contributed by atoms with van der Waals surface area (Å²) in [5.74, 6) is 0.469. The van der Waals surface area contributed by atoms with Crippen molar-refractivity contribution >= 4 is 28.7 Å². The van der Waals surface area contributed by atoms with E-state index >= 15 is 0 Å². The number of allylic oxidation sites excluding steroid dienone is 5. The summed E-state index contributed by atoms with van der Waals surface area (Å²) < 4.78 is 0. The lowest BCUT2D eigenvalue weighted by Gasteiger charge is -2.25. The fraction of sp³-hybridized carbons (Fsp3) is 0.0769. The average molecular weight is 572 g/mol. The molecule has 8 rings (SSSR count). The molecule has 0 fully saturated rings. The van der Waals surface area contributed by atoms with E-state index in [0.29, 0.717) is 5.92 Å². The average Bonchev–Trinajstić information content (AvgIpc) is 3.47. The molecule has 2 aliphatic heterocycles. The number of rotatable bonds is 5. The summed E-state index contributed by atoms with van der Waals surface area (Å²) in [6.45, 7) is 0. The van der Waals surface area contributed by atoms with Crippen molar-refractivity contribution in [3.05, 3.63) is 179 Å². The Balaban J connectivity index is 1.11. The Morgan fingerprint density at radius 3 is 2.26 bits per heavy atom. The highest BCUT2D eigenvalue weighted by Crippen LogP contribution is 2.53. The highest BCUT2D eigenvalue weighted by atomic mass is 32.2. The van der Waals surface area contributed by atoms with Crippen LogP contribution >= 0.6 is 11.8 Å². The van der Waals surface area contributed by atoms with E-state index in [1.165, 1.54) is 20.9 Å². The molecule has 2 atom stereocenters. The van der Waals surface area contributed by atoms with Gasteiger partial charge in [-0.15, -0.1) is 0 Å². The van der Waals surface area contributed by atoms with E-state index < -0.39 is 0 Å². The topological polar surface area (TPSA) is 37.3 Å². The first kappa shape index (κ1) is 25.8. The van der Waals surface area contributed by atoms with Crippen molar-refractivity contribution in [3.63, 3.8) is 0 Å². The number of nitrogens with one attached hydrogen (secondary N) is 1. The minimum atomic E-state index is -0.157.